The summed E-state index contributed by atoms with van der Waals surface area (Å²) >= 11 is 0. The first kappa shape index (κ1) is 19.7. The fourth-order valence-electron chi connectivity index (χ4n) is 3.87. The Morgan fingerprint density at radius 3 is 1.64 bits per heavy atom. The van der Waals surface area contributed by atoms with Gasteiger partial charge in [0, 0.05) is 0 Å². The smallest absolute Gasteiger partial charge is 0.166 e. The number of hydrogen-bond acceptors (Lipinski definition) is 2. The Kier molecular flexibility index (Phi) is 5.61. The molecule has 0 fully saturated rings. The van der Waals surface area contributed by atoms with E-state index in [0.717, 1.165) is 5.51 Å². The van der Waals surface area contributed by atoms with Gasteiger partial charge in [-0.2, -0.15) is 0 Å². The Labute approximate surface area is 140 Å². The van der Waals surface area contributed by atoms with E-state index in [1.165, 1.54) is 5.38 Å². The minimum Gasteiger partial charge on any atom is -0.456 e. The summed E-state index contributed by atoms with van der Waals surface area (Å²) in [7, 11) is -3.43. The Balaban J connectivity index is 3.45. The summed E-state index contributed by atoms with van der Waals surface area (Å²) in [5, 5.41) is 1.45. The lowest BCUT2D eigenvalue weighted by atomic mass is 10.2. The van der Waals surface area contributed by atoms with Crippen molar-refractivity contribution < 1.29 is 4.42 Å². The second-order valence-corrected chi connectivity index (χ2v) is 20.3. The lowest BCUT2D eigenvalue weighted by molar-refractivity contribution is 0.598. The van der Waals surface area contributed by atoms with E-state index in [-0.39, 0.29) is 5.04 Å². The van der Waals surface area contributed by atoms with Gasteiger partial charge >= 0.3 is 0 Å². The van der Waals surface area contributed by atoms with Crippen molar-refractivity contribution in [2.75, 3.05) is 0 Å². The van der Waals surface area contributed by atoms with E-state index < -0.39 is 16.1 Å². The highest BCUT2D eigenvalue weighted by atomic mass is 28.3. The molecule has 2 nitrogen and oxygen atoms in total. The first-order chi connectivity index (χ1) is 9.79. The third-order valence-electron chi connectivity index (χ3n) is 6.23. The standard InChI is InChI=1S/C18H37NOSi2/c1-13(2)22(14(3)4,15(5)6)17-19-12-16(20-17)21(10,11)18(7,8)9/h12-15H,1-11H3. The van der Waals surface area contributed by atoms with Crippen LogP contribution in [-0.2, 0) is 0 Å². The van der Waals surface area contributed by atoms with Crippen molar-refractivity contribution in [1.82, 2.24) is 4.98 Å². The SMILES string of the molecule is CC(C)[Si](c1ncc([Si](C)(C)C(C)(C)C)o1)(C(C)C)C(C)C. The van der Waals surface area contributed by atoms with Gasteiger partial charge in [-0.1, -0.05) is 75.4 Å². The van der Waals surface area contributed by atoms with Crippen molar-refractivity contribution in [2.24, 2.45) is 0 Å². The monoisotopic (exact) mass is 339 g/mol. The Morgan fingerprint density at radius 1 is 0.909 bits per heavy atom. The average molecular weight is 340 g/mol. The largest absolute Gasteiger partial charge is 0.456 e. The van der Waals surface area contributed by atoms with Gasteiger partial charge in [0.25, 0.3) is 0 Å². The van der Waals surface area contributed by atoms with E-state index >= 15 is 0 Å². The molecule has 0 saturated heterocycles. The molecule has 0 spiro atoms. The van der Waals surface area contributed by atoms with Gasteiger partial charge in [-0.15, -0.1) is 0 Å². The van der Waals surface area contributed by atoms with Gasteiger partial charge in [0.15, 0.2) is 13.6 Å². The second-order valence-electron chi connectivity index (χ2n) is 9.30. The quantitative estimate of drug-likeness (QED) is 0.682. The van der Waals surface area contributed by atoms with E-state index in [2.05, 4.69) is 81.6 Å². The van der Waals surface area contributed by atoms with Crippen molar-refractivity contribution in [3.8, 4) is 0 Å². The highest BCUT2D eigenvalue weighted by molar-refractivity contribution is 6.94. The molecule has 0 N–H and O–H groups in total. The molecule has 0 atom stereocenters. The number of oxazole rings is 1. The third kappa shape index (κ3) is 3.01. The van der Waals surface area contributed by atoms with Crippen molar-refractivity contribution in [1.29, 1.82) is 0 Å². The van der Waals surface area contributed by atoms with Gasteiger partial charge in [-0.05, 0) is 21.7 Å². The highest BCUT2D eigenvalue weighted by Crippen LogP contribution is 2.41. The molecule has 0 aliphatic heterocycles. The van der Waals surface area contributed by atoms with Crippen LogP contribution >= 0.6 is 0 Å². The molecule has 0 unspecified atom stereocenters. The molecule has 128 valence electrons. The van der Waals surface area contributed by atoms with Crippen LogP contribution in [0.2, 0.25) is 34.8 Å². The summed E-state index contributed by atoms with van der Waals surface area (Å²) in [6.45, 7) is 26.0. The van der Waals surface area contributed by atoms with Crippen LogP contribution in [0.15, 0.2) is 10.6 Å². The average Bonchev–Trinajstić information content (AvgIpc) is 2.76. The molecule has 0 bridgehead atoms. The second kappa shape index (κ2) is 6.27. The van der Waals surface area contributed by atoms with E-state index in [9.17, 15) is 0 Å². The first-order valence-electron chi connectivity index (χ1n) is 8.76. The van der Waals surface area contributed by atoms with E-state index in [0.29, 0.717) is 16.6 Å². The molecule has 1 rings (SSSR count). The van der Waals surface area contributed by atoms with Crippen LogP contribution in [0.1, 0.15) is 62.3 Å². The van der Waals surface area contributed by atoms with E-state index in [1.807, 2.05) is 0 Å². The fourth-order valence-corrected chi connectivity index (χ4v) is 11.5. The zero-order chi connectivity index (χ0) is 17.5. The lowest BCUT2D eigenvalue weighted by Crippen LogP contribution is -2.57. The Hall–Kier alpha value is -0.356. The summed E-state index contributed by atoms with van der Waals surface area (Å²) in [5.41, 5.74) is 3.00. The number of nitrogens with zero attached hydrogens (tertiary/aromatic N) is 1. The summed E-state index contributed by atoms with van der Waals surface area (Å²) in [6.07, 6.45) is 2.06. The predicted molar refractivity (Wildman–Crippen MR) is 104 cm³/mol. The molecule has 1 heterocycles. The number of aromatic nitrogens is 1. The van der Waals surface area contributed by atoms with Crippen LogP contribution in [0.25, 0.3) is 0 Å². The molecule has 22 heavy (non-hydrogen) atoms. The molecular formula is C18H37NOSi2. The van der Waals surface area contributed by atoms with Crippen LogP contribution in [0.4, 0.5) is 0 Å². The number of hydrogen-bond donors (Lipinski definition) is 0. The van der Waals surface area contributed by atoms with Gasteiger partial charge < -0.3 is 4.42 Å². The molecular weight excluding hydrogens is 302 g/mol. The van der Waals surface area contributed by atoms with Crippen LogP contribution < -0.4 is 10.9 Å². The van der Waals surface area contributed by atoms with Gasteiger partial charge in [0.05, 0.1) is 6.20 Å². The maximum atomic E-state index is 6.54. The number of rotatable bonds is 5. The first-order valence-corrected chi connectivity index (χ1v) is 14.0. The van der Waals surface area contributed by atoms with Crippen LogP contribution in [-0.4, -0.2) is 21.1 Å². The summed E-state index contributed by atoms with van der Waals surface area (Å²) in [4.78, 5) is 4.86. The zero-order valence-corrected chi connectivity index (χ0v) is 18.7. The Bertz CT molecular complexity index is 474. The van der Waals surface area contributed by atoms with Gasteiger partial charge in [-0.3, -0.25) is 0 Å². The van der Waals surface area contributed by atoms with Crippen LogP contribution in [0, 0.1) is 0 Å². The third-order valence-corrected chi connectivity index (χ3v) is 18.2. The predicted octanol–water partition coefficient (Wildman–Crippen LogP) is 5.28. The zero-order valence-electron chi connectivity index (χ0n) is 16.7. The molecule has 0 aliphatic carbocycles. The van der Waals surface area contributed by atoms with E-state index in [4.69, 9.17) is 9.40 Å². The minimum absolute atomic E-state index is 0.279. The van der Waals surface area contributed by atoms with E-state index in [1.54, 1.807) is 0 Å². The molecule has 1 aromatic heterocycles. The minimum atomic E-state index is -1.78. The molecule has 0 aliphatic rings. The maximum Gasteiger partial charge on any atom is 0.166 e. The topological polar surface area (TPSA) is 26.0 Å². The molecule has 1 aromatic rings. The molecule has 0 aromatic carbocycles. The van der Waals surface area contributed by atoms with Crippen molar-refractivity contribution in [2.45, 2.75) is 97.1 Å². The highest BCUT2D eigenvalue weighted by Gasteiger charge is 2.50. The van der Waals surface area contributed by atoms with Gasteiger partial charge in [0.1, 0.15) is 13.5 Å². The van der Waals surface area contributed by atoms with Gasteiger partial charge in [-0.25, -0.2) is 4.98 Å². The summed E-state index contributed by atoms with van der Waals surface area (Å²) in [5.74, 6) is 0. The maximum absolute atomic E-state index is 6.54. The van der Waals surface area contributed by atoms with Crippen molar-refractivity contribution in [3.05, 3.63) is 6.20 Å². The van der Waals surface area contributed by atoms with Crippen LogP contribution in [0.3, 0.4) is 0 Å². The lowest BCUT2D eigenvalue weighted by Gasteiger charge is -2.40. The molecule has 0 saturated carbocycles. The van der Waals surface area contributed by atoms with Crippen LogP contribution in [0.5, 0.6) is 0 Å². The Morgan fingerprint density at radius 2 is 1.32 bits per heavy atom. The molecule has 4 heteroatoms. The molecule has 0 amide bonds. The summed E-state index contributed by atoms with van der Waals surface area (Å²) in [6, 6.07) is 0. The summed E-state index contributed by atoms with van der Waals surface area (Å²) < 4.78 is 6.54. The normalized spacial score (nSPS) is 14.5. The molecule has 0 radical (unpaired) electrons. The van der Waals surface area contributed by atoms with Crippen molar-refractivity contribution >= 4 is 27.0 Å². The van der Waals surface area contributed by atoms with Gasteiger partial charge in [0.2, 0.25) is 0 Å². The fraction of sp³-hybridized carbons (Fsp3) is 0.833. The van der Waals surface area contributed by atoms with Crippen molar-refractivity contribution in [3.63, 3.8) is 0 Å².